The lowest BCUT2D eigenvalue weighted by Gasteiger charge is -2.04. The molecule has 0 spiro atoms. The third-order valence-corrected chi connectivity index (χ3v) is 1.07. The lowest BCUT2D eigenvalue weighted by Crippen LogP contribution is -2.32. The molecule has 10 heavy (non-hydrogen) atoms. The molecule has 1 amide bonds. The molecule has 0 aliphatic carbocycles. The fourth-order valence-corrected chi connectivity index (χ4v) is 0.601. The van der Waals surface area contributed by atoms with Crippen molar-refractivity contribution in [1.82, 2.24) is 10.7 Å². The van der Waals surface area contributed by atoms with Crippen molar-refractivity contribution in [3.63, 3.8) is 0 Å². The highest BCUT2D eigenvalue weighted by atomic mass is 16.2. The van der Waals surface area contributed by atoms with E-state index in [1.165, 1.54) is 6.34 Å². The molecule has 0 saturated carbocycles. The van der Waals surface area contributed by atoms with Gasteiger partial charge in [-0.3, -0.25) is 10.2 Å². The quantitative estimate of drug-likeness (QED) is 0.235. The van der Waals surface area contributed by atoms with Crippen molar-refractivity contribution in [3.8, 4) is 0 Å². The van der Waals surface area contributed by atoms with E-state index in [-0.39, 0.29) is 5.91 Å². The summed E-state index contributed by atoms with van der Waals surface area (Å²) in [5.74, 6) is 4.51. The second-order valence-corrected chi connectivity index (χ2v) is 1.73. The summed E-state index contributed by atoms with van der Waals surface area (Å²) in [4.78, 5) is 14.5. The van der Waals surface area contributed by atoms with E-state index in [1.807, 2.05) is 5.43 Å². The predicted octanol–water partition coefficient (Wildman–Crippen LogP) is -1.51. The Morgan fingerprint density at radius 2 is 2.70 bits per heavy atom. The van der Waals surface area contributed by atoms with Crippen molar-refractivity contribution in [3.05, 3.63) is 11.8 Å². The van der Waals surface area contributed by atoms with E-state index >= 15 is 0 Å². The van der Waals surface area contributed by atoms with Crippen LogP contribution in [-0.2, 0) is 4.79 Å². The first-order valence-electron chi connectivity index (χ1n) is 2.81. The van der Waals surface area contributed by atoms with E-state index in [0.29, 0.717) is 12.2 Å². The average Bonchev–Trinajstić information content (AvgIpc) is 2.05. The van der Waals surface area contributed by atoms with E-state index in [4.69, 9.17) is 5.84 Å². The van der Waals surface area contributed by atoms with Gasteiger partial charge in [0.05, 0.1) is 6.34 Å². The van der Waals surface area contributed by atoms with Gasteiger partial charge in [-0.05, 0) is 6.08 Å². The Balaban J connectivity index is 2.63. The summed E-state index contributed by atoms with van der Waals surface area (Å²) in [6.45, 7) is 0.617. The summed E-state index contributed by atoms with van der Waals surface area (Å²) in [7, 11) is 0. The van der Waals surface area contributed by atoms with Crippen molar-refractivity contribution in [2.45, 2.75) is 0 Å². The summed E-state index contributed by atoms with van der Waals surface area (Å²) >= 11 is 0. The number of hydrogen-bond donors (Lipinski definition) is 3. The Kier molecular flexibility index (Phi) is 2.01. The maximum atomic E-state index is 10.7. The van der Waals surface area contributed by atoms with Gasteiger partial charge >= 0.3 is 0 Å². The number of nitrogens with two attached hydrogens (primary N) is 1. The summed E-state index contributed by atoms with van der Waals surface area (Å²) in [6, 6.07) is 0. The van der Waals surface area contributed by atoms with Gasteiger partial charge in [-0.1, -0.05) is 0 Å². The maximum Gasteiger partial charge on any atom is 0.283 e. The largest absolute Gasteiger partial charge is 0.373 e. The van der Waals surface area contributed by atoms with Gasteiger partial charge in [0.2, 0.25) is 0 Å². The van der Waals surface area contributed by atoms with Gasteiger partial charge in [0.1, 0.15) is 5.70 Å². The van der Waals surface area contributed by atoms with Gasteiger partial charge in [-0.15, -0.1) is 0 Å². The zero-order valence-electron chi connectivity index (χ0n) is 5.29. The van der Waals surface area contributed by atoms with E-state index in [9.17, 15) is 4.79 Å². The molecule has 0 aromatic carbocycles. The van der Waals surface area contributed by atoms with Crippen LogP contribution in [0.5, 0.6) is 0 Å². The second kappa shape index (κ2) is 2.98. The highest BCUT2D eigenvalue weighted by Crippen LogP contribution is 1.96. The fourth-order valence-electron chi connectivity index (χ4n) is 0.601. The number of carbonyl (C=O) groups is 1. The first-order chi connectivity index (χ1) is 4.84. The Morgan fingerprint density at radius 3 is 3.20 bits per heavy atom. The third-order valence-electron chi connectivity index (χ3n) is 1.07. The Labute approximate surface area is 58.0 Å². The van der Waals surface area contributed by atoms with E-state index in [0.717, 1.165) is 0 Å². The van der Waals surface area contributed by atoms with Crippen molar-refractivity contribution >= 4 is 12.2 Å². The van der Waals surface area contributed by atoms with Crippen molar-refractivity contribution < 1.29 is 4.79 Å². The van der Waals surface area contributed by atoms with Gasteiger partial charge in [-0.25, -0.2) is 10.8 Å². The van der Waals surface area contributed by atoms with Crippen LogP contribution < -0.4 is 16.6 Å². The third kappa shape index (κ3) is 1.32. The van der Waals surface area contributed by atoms with Gasteiger partial charge in [0.15, 0.2) is 0 Å². The van der Waals surface area contributed by atoms with Crippen LogP contribution in [0.3, 0.4) is 0 Å². The summed E-state index contributed by atoms with van der Waals surface area (Å²) in [5, 5.41) is 2.80. The lowest BCUT2D eigenvalue weighted by molar-refractivity contribution is -0.117. The van der Waals surface area contributed by atoms with Crippen molar-refractivity contribution in [2.24, 2.45) is 10.8 Å². The number of nitrogens with one attached hydrogen (secondary N) is 2. The van der Waals surface area contributed by atoms with E-state index in [2.05, 4.69) is 10.3 Å². The molecule has 5 heteroatoms. The zero-order chi connectivity index (χ0) is 7.40. The highest BCUT2D eigenvalue weighted by Gasteiger charge is 2.05. The predicted molar refractivity (Wildman–Crippen MR) is 36.9 cm³/mol. The molecule has 0 saturated heterocycles. The van der Waals surface area contributed by atoms with E-state index in [1.54, 1.807) is 6.08 Å². The number of amides is 1. The van der Waals surface area contributed by atoms with Crippen molar-refractivity contribution in [2.75, 3.05) is 6.54 Å². The first-order valence-corrected chi connectivity index (χ1v) is 2.81. The number of aliphatic imine (C=N–C) groups is 1. The number of carbonyl (C=O) groups excluding carboxylic acids is 1. The van der Waals surface area contributed by atoms with E-state index < -0.39 is 0 Å². The van der Waals surface area contributed by atoms with Crippen molar-refractivity contribution in [1.29, 1.82) is 0 Å². The summed E-state index contributed by atoms with van der Waals surface area (Å²) < 4.78 is 0. The first kappa shape index (κ1) is 6.76. The molecule has 1 rings (SSSR count). The van der Waals surface area contributed by atoms with Crippen LogP contribution in [0, 0.1) is 0 Å². The normalized spacial score (nSPS) is 15.5. The minimum absolute atomic E-state index is 0.348. The molecule has 1 aliphatic heterocycles. The Bertz CT molecular complexity index is 196. The molecule has 0 radical (unpaired) electrons. The number of rotatable bonds is 1. The molecule has 0 fully saturated rings. The number of nitrogens with zero attached hydrogens (tertiary/aromatic N) is 1. The monoisotopic (exact) mass is 140 g/mol. The molecule has 1 aliphatic rings. The molecule has 0 aromatic rings. The molecule has 4 N–H and O–H groups in total. The lowest BCUT2D eigenvalue weighted by atomic mass is 10.3. The fraction of sp³-hybridized carbons (Fsp3) is 0.200. The van der Waals surface area contributed by atoms with Gasteiger partial charge in [0.25, 0.3) is 5.91 Å². The minimum atomic E-state index is -0.363. The van der Waals surface area contributed by atoms with Crippen LogP contribution >= 0.6 is 0 Å². The topological polar surface area (TPSA) is 79.5 Å². The van der Waals surface area contributed by atoms with Gasteiger partial charge in [0, 0.05) is 6.54 Å². The molecular formula is C5H8N4O. The smallest absolute Gasteiger partial charge is 0.283 e. The Morgan fingerprint density at radius 1 is 1.90 bits per heavy atom. The summed E-state index contributed by atoms with van der Waals surface area (Å²) in [6.07, 6.45) is 3.12. The van der Waals surface area contributed by atoms with Crippen LogP contribution in [0.15, 0.2) is 16.8 Å². The molecule has 0 bridgehead atoms. The molecule has 1 heterocycles. The second-order valence-electron chi connectivity index (χ2n) is 1.73. The SMILES string of the molecule is NNC(=O)C1=CCNC=N1. The standard InChI is InChI=1S/C5H8N4O/c6-9-5(10)4-1-2-7-3-8-4/h1,3H,2,6H2,(H,7,8)(H,9,10). The maximum absolute atomic E-state index is 10.7. The van der Waals surface area contributed by atoms with Crippen LogP contribution in [0.1, 0.15) is 0 Å². The summed E-state index contributed by atoms with van der Waals surface area (Å²) in [5.41, 5.74) is 2.33. The molecule has 0 atom stereocenters. The average molecular weight is 140 g/mol. The van der Waals surface area contributed by atoms with Crippen LogP contribution in [0.4, 0.5) is 0 Å². The van der Waals surface area contributed by atoms with Crippen LogP contribution in [0.25, 0.3) is 0 Å². The number of hydrogen-bond acceptors (Lipinski definition) is 4. The molecule has 0 aromatic heterocycles. The minimum Gasteiger partial charge on any atom is -0.373 e. The zero-order valence-corrected chi connectivity index (χ0v) is 5.29. The van der Waals surface area contributed by atoms with Crippen LogP contribution in [0.2, 0.25) is 0 Å². The Hall–Kier alpha value is -1.36. The molecule has 0 unspecified atom stereocenters. The number of hydrazine groups is 1. The highest BCUT2D eigenvalue weighted by molar-refractivity contribution is 5.94. The molecule has 54 valence electrons. The van der Waals surface area contributed by atoms with Gasteiger partial charge in [-0.2, -0.15) is 0 Å². The van der Waals surface area contributed by atoms with Gasteiger partial charge < -0.3 is 5.32 Å². The molecular weight excluding hydrogens is 132 g/mol. The molecule has 5 nitrogen and oxygen atoms in total. The van der Waals surface area contributed by atoms with Crippen LogP contribution in [-0.4, -0.2) is 18.8 Å².